The summed E-state index contributed by atoms with van der Waals surface area (Å²) in [6, 6.07) is 8.29. The van der Waals surface area contributed by atoms with Crippen molar-refractivity contribution in [1.82, 2.24) is 14.9 Å². The number of thiophene rings is 2. The molecule has 0 atom stereocenters. The Balaban J connectivity index is 1.91. The van der Waals surface area contributed by atoms with Gasteiger partial charge in [-0.2, -0.15) is 11.3 Å². The van der Waals surface area contributed by atoms with E-state index in [9.17, 15) is 0 Å². The lowest BCUT2D eigenvalue weighted by molar-refractivity contribution is 0.425. The van der Waals surface area contributed by atoms with Gasteiger partial charge in [-0.1, -0.05) is 6.07 Å². The number of aromatic nitrogens is 2. The Labute approximate surface area is 138 Å². The lowest BCUT2D eigenvalue weighted by Crippen LogP contribution is -2.21. The summed E-state index contributed by atoms with van der Waals surface area (Å²) in [6.45, 7) is 1.77. The van der Waals surface area contributed by atoms with E-state index in [4.69, 9.17) is 0 Å². The molecule has 114 valence electrons. The molecule has 0 fully saturated rings. The molecule has 0 radical (unpaired) electrons. The summed E-state index contributed by atoms with van der Waals surface area (Å²) < 4.78 is 0. The molecule has 3 aromatic heterocycles. The van der Waals surface area contributed by atoms with Crippen LogP contribution >= 0.6 is 22.7 Å². The first-order valence-electron chi connectivity index (χ1n) is 7.06. The molecule has 0 aromatic carbocycles. The maximum atomic E-state index is 4.66. The van der Waals surface area contributed by atoms with Crippen LogP contribution in [0, 0.1) is 0 Å². The van der Waals surface area contributed by atoms with E-state index in [-0.39, 0.29) is 0 Å². The van der Waals surface area contributed by atoms with Gasteiger partial charge in [0.2, 0.25) is 5.95 Å². The van der Waals surface area contributed by atoms with Gasteiger partial charge in [-0.3, -0.25) is 0 Å². The van der Waals surface area contributed by atoms with Crippen LogP contribution in [0.3, 0.4) is 0 Å². The highest BCUT2D eigenvalue weighted by Crippen LogP contribution is 2.28. The van der Waals surface area contributed by atoms with E-state index in [0.717, 1.165) is 34.9 Å². The third-order valence-electron chi connectivity index (χ3n) is 3.16. The molecule has 22 heavy (non-hydrogen) atoms. The predicted molar refractivity (Wildman–Crippen MR) is 95.7 cm³/mol. The predicted octanol–water partition coefficient (Wildman–Crippen LogP) is 3.91. The Kier molecular flexibility index (Phi) is 4.82. The van der Waals surface area contributed by atoms with Crippen LogP contribution in [-0.4, -0.2) is 42.1 Å². The van der Waals surface area contributed by atoms with Crippen LogP contribution in [0.4, 0.5) is 5.95 Å². The van der Waals surface area contributed by atoms with Crippen LogP contribution in [0.15, 0.2) is 40.4 Å². The number of likely N-dealkylation sites (N-methyl/N-ethyl adjacent to an activating group) is 1. The van der Waals surface area contributed by atoms with Gasteiger partial charge in [0.15, 0.2) is 0 Å². The van der Waals surface area contributed by atoms with Crippen molar-refractivity contribution in [2.45, 2.75) is 0 Å². The molecule has 3 heterocycles. The minimum absolute atomic E-state index is 0.689. The average Bonchev–Trinajstić information content (AvgIpc) is 3.20. The van der Waals surface area contributed by atoms with Crippen molar-refractivity contribution in [3.63, 3.8) is 0 Å². The topological polar surface area (TPSA) is 41.0 Å². The van der Waals surface area contributed by atoms with Crippen LogP contribution in [0.5, 0.6) is 0 Å². The molecule has 0 aliphatic rings. The first-order valence-corrected chi connectivity index (χ1v) is 8.89. The van der Waals surface area contributed by atoms with E-state index in [1.165, 1.54) is 0 Å². The van der Waals surface area contributed by atoms with Gasteiger partial charge in [0, 0.05) is 24.0 Å². The lowest BCUT2D eigenvalue weighted by atomic mass is 10.2. The van der Waals surface area contributed by atoms with Gasteiger partial charge in [0.25, 0.3) is 0 Å². The number of rotatable bonds is 6. The second kappa shape index (κ2) is 7.00. The van der Waals surface area contributed by atoms with Gasteiger partial charge in [-0.15, -0.1) is 11.3 Å². The van der Waals surface area contributed by atoms with E-state index >= 15 is 0 Å². The molecular formula is C16H18N4S2. The SMILES string of the molecule is CN(C)CCNc1nc(-c2ccsc2)cc(-c2cccs2)n1. The molecular weight excluding hydrogens is 312 g/mol. The summed E-state index contributed by atoms with van der Waals surface area (Å²) in [5.74, 6) is 0.689. The number of nitrogens with zero attached hydrogens (tertiary/aromatic N) is 3. The van der Waals surface area contributed by atoms with E-state index < -0.39 is 0 Å². The van der Waals surface area contributed by atoms with E-state index in [1.54, 1.807) is 22.7 Å². The fourth-order valence-corrected chi connectivity index (χ4v) is 3.36. The Morgan fingerprint density at radius 2 is 2.00 bits per heavy atom. The monoisotopic (exact) mass is 330 g/mol. The van der Waals surface area contributed by atoms with Crippen molar-refractivity contribution < 1.29 is 0 Å². The van der Waals surface area contributed by atoms with Gasteiger partial charge in [-0.25, -0.2) is 9.97 Å². The molecule has 3 rings (SSSR count). The normalized spacial score (nSPS) is 11.0. The van der Waals surface area contributed by atoms with Crippen molar-refractivity contribution in [3.05, 3.63) is 40.4 Å². The van der Waals surface area contributed by atoms with Crippen LogP contribution in [0.25, 0.3) is 21.8 Å². The number of hydrogen-bond acceptors (Lipinski definition) is 6. The standard InChI is InChI=1S/C16H18N4S2/c1-20(2)7-6-17-16-18-13(12-5-9-21-11-12)10-14(19-16)15-4-3-8-22-15/h3-5,8-11H,6-7H2,1-2H3,(H,17,18,19). The summed E-state index contributed by atoms with van der Waals surface area (Å²) in [5, 5.41) is 9.58. The zero-order valence-electron chi connectivity index (χ0n) is 12.6. The highest BCUT2D eigenvalue weighted by atomic mass is 32.1. The van der Waals surface area contributed by atoms with Gasteiger partial charge < -0.3 is 10.2 Å². The van der Waals surface area contributed by atoms with Crippen molar-refractivity contribution in [2.75, 3.05) is 32.5 Å². The highest BCUT2D eigenvalue weighted by Gasteiger charge is 2.09. The molecule has 0 saturated heterocycles. The minimum Gasteiger partial charge on any atom is -0.353 e. The molecule has 0 unspecified atom stereocenters. The maximum absolute atomic E-state index is 4.66. The van der Waals surface area contributed by atoms with E-state index in [1.807, 2.05) is 6.07 Å². The van der Waals surface area contributed by atoms with Crippen molar-refractivity contribution in [1.29, 1.82) is 0 Å². The van der Waals surface area contributed by atoms with Crippen LogP contribution in [0.2, 0.25) is 0 Å². The summed E-state index contributed by atoms with van der Waals surface area (Å²) in [5.41, 5.74) is 3.08. The minimum atomic E-state index is 0.689. The summed E-state index contributed by atoms with van der Waals surface area (Å²) in [4.78, 5) is 12.6. The largest absolute Gasteiger partial charge is 0.353 e. The van der Waals surface area contributed by atoms with Crippen molar-refractivity contribution >= 4 is 28.6 Å². The highest BCUT2D eigenvalue weighted by molar-refractivity contribution is 7.13. The third kappa shape index (κ3) is 3.71. The van der Waals surface area contributed by atoms with Crippen LogP contribution < -0.4 is 5.32 Å². The molecule has 1 N–H and O–H groups in total. The van der Waals surface area contributed by atoms with Gasteiger partial charge in [-0.05, 0) is 43.1 Å². The summed E-state index contributed by atoms with van der Waals surface area (Å²) in [6.07, 6.45) is 0. The molecule has 0 aliphatic heterocycles. The number of nitrogens with one attached hydrogen (secondary N) is 1. The van der Waals surface area contributed by atoms with Gasteiger partial charge in [0.05, 0.1) is 16.3 Å². The lowest BCUT2D eigenvalue weighted by Gasteiger charge is -2.12. The fourth-order valence-electron chi connectivity index (χ4n) is 2.03. The summed E-state index contributed by atoms with van der Waals surface area (Å²) in [7, 11) is 4.11. The molecule has 0 saturated carbocycles. The van der Waals surface area contributed by atoms with E-state index in [0.29, 0.717) is 5.95 Å². The number of hydrogen-bond donors (Lipinski definition) is 1. The Hall–Kier alpha value is -1.76. The first kappa shape index (κ1) is 15.1. The third-order valence-corrected chi connectivity index (χ3v) is 4.73. The molecule has 0 amide bonds. The molecule has 0 spiro atoms. The molecule has 3 aromatic rings. The van der Waals surface area contributed by atoms with Gasteiger partial charge >= 0.3 is 0 Å². The Morgan fingerprint density at radius 3 is 2.68 bits per heavy atom. The second-order valence-electron chi connectivity index (χ2n) is 5.18. The number of anilines is 1. The zero-order valence-corrected chi connectivity index (χ0v) is 14.2. The smallest absolute Gasteiger partial charge is 0.223 e. The fraction of sp³-hybridized carbons (Fsp3) is 0.250. The Bertz CT molecular complexity index is 653. The first-order chi connectivity index (χ1) is 10.7. The maximum Gasteiger partial charge on any atom is 0.223 e. The van der Waals surface area contributed by atoms with Gasteiger partial charge in [0.1, 0.15) is 0 Å². The quantitative estimate of drug-likeness (QED) is 0.744. The molecule has 4 nitrogen and oxygen atoms in total. The molecule has 0 aliphatic carbocycles. The van der Waals surface area contributed by atoms with Crippen LogP contribution in [-0.2, 0) is 0 Å². The zero-order chi connectivity index (χ0) is 15.4. The van der Waals surface area contributed by atoms with Crippen molar-refractivity contribution in [3.8, 4) is 21.8 Å². The summed E-state index contributed by atoms with van der Waals surface area (Å²) >= 11 is 3.38. The average molecular weight is 330 g/mol. The van der Waals surface area contributed by atoms with Crippen LogP contribution in [0.1, 0.15) is 0 Å². The van der Waals surface area contributed by atoms with Crippen molar-refractivity contribution in [2.24, 2.45) is 0 Å². The Morgan fingerprint density at radius 1 is 1.14 bits per heavy atom. The molecule has 0 bridgehead atoms. The van der Waals surface area contributed by atoms with E-state index in [2.05, 4.69) is 68.6 Å². The molecule has 6 heteroatoms. The second-order valence-corrected chi connectivity index (χ2v) is 6.91.